The molecule has 1 amide bonds. The number of hydrogen-bond donors (Lipinski definition) is 1. The molecule has 0 fully saturated rings. The molecule has 1 aliphatic heterocycles. The highest BCUT2D eigenvalue weighted by Crippen LogP contribution is 2.45. The molecule has 0 bridgehead atoms. The minimum atomic E-state index is -0.0675. The van der Waals surface area contributed by atoms with Gasteiger partial charge in [-0.15, -0.1) is 23.1 Å². The quantitative estimate of drug-likeness (QED) is 0.696. The first-order chi connectivity index (χ1) is 11.7. The van der Waals surface area contributed by atoms with Gasteiger partial charge in [0.2, 0.25) is 0 Å². The lowest BCUT2D eigenvalue weighted by atomic mass is 10.1. The zero-order valence-electron chi connectivity index (χ0n) is 13.0. The Morgan fingerprint density at radius 2 is 1.92 bits per heavy atom. The first-order valence-electron chi connectivity index (χ1n) is 7.55. The molecule has 3 aromatic rings. The summed E-state index contributed by atoms with van der Waals surface area (Å²) in [6.45, 7) is 0. The van der Waals surface area contributed by atoms with Crippen molar-refractivity contribution in [3.8, 4) is 16.2 Å². The highest BCUT2D eigenvalue weighted by atomic mass is 32.2. The second kappa shape index (κ2) is 6.34. The van der Waals surface area contributed by atoms with E-state index in [1.807, 2.05) is 48.2 Å². The molecule has 0 spiro atoms. The summed E-state index contributed by atoms with van der Waals surface area (Å²) in [6.07, 6.45) is 0. The summed E-state index contributed by atoms with van der Waals surface area (Å²) in [4.78, 5) is 15.8. The molecule has 0 saturated carbocycles. The summed E-state index contributed by atoms with van der Waals surface area (Å²) in [6, 6.07) is 17.7. The van der Waals surface area contributed by atoms with Crippen molar-refractivity contribution >= 4 is 34.7 Å². The fourth-order valence-electron chi connectivity index (χ4n) is 2.68. The minimum Gasteiger partial charge on any atom is -0.497 e. The lowest BCUT2D eigenvalue weighted by molar-refractivity contribution is 0.103. The topological polar surface area (TPSA) is 38.3 Å². The Morgan fingerprint density at radius 3 is 2.71 bits per heavy atom. The molecule has 1 aliphatic rings. The Bertz CT molecular complexity index is 900. The molecule has 2 aromatic carbocycles. The number of hydrogen-bond acceptors (Lipinski definition) is 4. The van der Waals surface area contributed by atoms with Crippen molar-refractivity contribution < 1.29 is 9.53 Å². The van der Waals surface area contributed by atoms with E-state index in [1.54, 1.807) is 18.4 Å². The monoisotopic (exact) mass is 353 g/mol. The zero-order chi connectivity index (χ0) is 16.5. The van der Waals surface area contributed by atoms with E-state index < -0.39 is 0 Å². The van der Waals surface area contributed by atoms with Crippen LogP contribution in [-0.2, 0) is 5.75 Å². The smallest absolute Gasteiger partial charge is 0.265 e. The second-order valence-electron chi connectivity index (χ2n) is 5.43. The van der Waals surface area contributed by atoms with Gasteiger partial charge in [-0.2, -0.15) is 0 Å². The van der Waals surface area contributed by atoms with Gasteiger partial charge in [-0.05, 0) is 42.0 Å². The van der Waals surface area contributed by atoms with E-state index >= 15 is 0 Å². The molecule has 1 N–H and O–H groups in total. The molecule has 0 saturated heterocycles. The van der Waals surface area contributed by atoms with Gasteiger partial charge < -0.3 is 10.1 Å². The Morgan fingerprint density at radius 1 is 1.12 bits per heavy atom. The van der Waals surface area contributed by atoms with Crippen molar-refractivity contribution in [1.82, 2.24) is 0 Å². The molecule has 0 atom stereocenters. The number of carbonyl (C=O) groups excluding carboxylic acids is 1. The predicted octanol–water partition coefficient (Wildman–Crippen LogP) is 5.28. The van der Waals surface area contributed by atoms with Gasteiger partial charge in [-0.1, -0.05) is 18.2 Å². The van der Waals surface area contributed by atoms with Gasteiger partial charge in [0.25, 0.3) is 5.91 Å². The maximum Gasteiger partial charge on any atom is 0.265 e. The van der Waals surface area contributed by atoms with E-state index in [9.17, 15) is 4.79 Å². The van der Waals surface area contributed by atoms with Crippen LogP contribution >= 0.6 is 23.1 Å². The van der Waals surface area contributed by atoms with Gasteiger partial charge >= 0.3 is 0 Å². The van der Waals surface area contributed by atoms with E-state index in [1.165, 1.54) is 20.9 Å². The van der Waals surface area contributed by atoms with E-state index in [4.69, 9.17) is 4.74 Å². The number of thiophene rings is 1. The molecule has 120 valence electrons. The predicted molar refractivity (Wildman–Crippen MR) is 100 cm³/mol. The number of nitrogens with one attached hydrogen (secondary N) is 1. The molecule has 4 rings (SSSR count). The fourth-order valence-corrected chi connectivity index (χ4v) is 4.99. The van der Waals surface area contributed by atoms with Gasteiger partial charge in [0, 0.05) is 26.8 Å². The van der Waals surface area contributed by atoms with Gasteiger partial charge in [0.05, 0.1) is 12.0 Å². The number of carbonyl (C=O) groups is 1. The van der Waals surface area contributed by atoms with E-state index in [0.29, 0.717) is 0 Å². The zero-order valence-corrected chi connectivity index (χ0v) is 14.7. The lowest BCUT2D eigenvalue weighted by Gasteiger charge is -2.14. The second-order valence-corrected chi connectivity index (χ2v) is 7.50. The average molecular weight is 353 g/mol. The molecular weight excluding hydrogens is 338 g/mol. The number of methoxy groups -OCH3 is 1. The summed E-state index contributed by atoms with van der Waals surface area (Å²) in [5.41, 5.74) is 3.24. The van der Waals surface area contributed by atoms with Crippen molar-refractivity contribution in [1.29, 1.82) is 0 Å². The number of ether oxygens (including phenoxy) is 1. The first-order valence-corrected chi connectivity index (χ1v) is 9.35. The standard InChI is InChI=1S/C19H15NO2S2/c1-22-14-8-6-13(7-9-14)20-19(21)17-10-12-11-23-16-5-3-2-4-15(16)18(12)24-17/h2-10H,11H2,1H3,(H,20,21). The van der Waals surface area contributed by atoms with Crippen LogP contribution in [0.4, 0.5) is 5.69 Å². The van der Waals surface area contributed by atoms with Crippen LogP contribution in [0.15, 0.2) is 59.5 Å². The maximum absolute atomic E-state index is 12.6. The number of amides is 1. The largest absolute Gasteiger partial charge is 0.497 e. The average Bonchev–Trinajstić information content (AvgIpc) is 3.07. The Labute approximate surface area is 148 Å². The van der Waals surface area contributed by atoms with Crippen molar-refractivity contribution in [2.45, 2.75) is 10.6 Å². The van der Waals surface area contributed by atoms with Crippen LogP contribution in [0.5, 0.6) is 5.75 Å². The minimum absolute atomic E-state index is 0.0675. The lowest BCUT2D eigenvalue weighted by Crippen LogP contribution is -2.09. The number of fused-ring (bicyclic) bond motifs is 3. The fraction of sp³-hybridized carbons (Fsp3) is 0.105. The third-order valence-corrected chi connectivity index (χ3v) is 6.23. The van der Waals surface area contributed by atoms with Crippen LogP contribution in [0.1, 0.15) is 15.2 Å². The van der Waals surface area contributed by atoms with Gasteiger partial charge in [0.15, 0.2) is 0 Å². The highest BCUT2D eigenvalue weighted by Gasteiger charge is 2.21. The Balaban J connectivity index is 1.59. The SMILES string of the molecule is COc1ccc(NC(=O)c2cc3c(s2)-c2ccccc2SC3)cc1. The van der Waals surface area contributed by atoms with Crippen LogP contribution in [0.2, 0.25) is 0 Å². The Kier molecular flexibility index (Phi) is 4.04. The number of benzene rings is 2. The van der Waals surface area contributed by atoms with Crippen molar-refractivity contribution in [3.63, 3.8) is 0 Å². The van der Waals surface area contributed by atoms with Crippen LogP contribution in [-0.4, -0.2) is 13.0 Å². The molecule has 5 heteroatoms. The summed E-state index contributed by atoms with van der Waals surface area (Å²) < 4.78 is 5.13. The molecule has 0 radical (unpaired) electrons. The third-order valence-electron chi connectivity index (χ3n) is 3.90. The summed E-state index contributed by atoms with van der Waals surface area (Å²) in [5.74, 6) is 1.62. The van der Waals surface area contributed by atoms with Crippen LogP contribution in [0.3, 0.4) is 0 Å². The molecular formula is C19H15NO2S2. The summed E-state index contributed by atoms with van der Waals surface area (Å²) >= 11 is 3.39. The van der Waals surface area contributed by atoms with E-state index in [2.05, 4.69) is 23.5 Å². The van der Waals surface area contributed by atoms with Crippen LogP contribution in [0.25, 0.3) is 10.4 Å². The molecule has 24 heavy (non-hydrogen) atoms. The van der Waals surface area contributed by atoms with Crippen molar-refractivity contribution in [2.24, 2.45) is 0 Å². The summed E-state index contributed by atoms with van der Waals surface area (Å²) in [5, 5.41) is 2.95. The van der Waals surface area contributed by atoms with E-state index in [0.717, 1.165) is 22.1 Å². The molecule has 3 nitrogen and oxygen atoms in total. The van der Waals surface area contributed by atoms with Crippen LogP contribution < -0.4 is 10.1 Å². The number of thioether (sulfide) groups is 1. The molecule has 2 heterocycles. The van der Waals surface area contributed by atoms with Gasteiger partial charge in [0.1, 0.15) is 5.75 Å². The van der Waals surface area contributed by atoms with E-state index in [-0.39, 0.29) is 5.91 Å². The third kappa shape index (κ3) is 2.81. The normalized spacial score (nSPS) is 12.2. The van der Waals surface area contributed by atoms with Gasteiger partial charge in [-0.25, -0.2) is 0 Å². The summed E-state index contributed by atoms with van der Waals surface area (Å²) in [7, 11) is 1.62. The highest BCUT2D eigenvalue weighted by molar-refractivity contribution is 7.98. The molecule has 0 unspecified atom stereocenters. The Hall–Kier alpha value is -2.24. The number of rotatable bonds is 3. The van der Waals surface area contributed by atoms with Crippen molar-refractivity contribution in [3.05, 3.63) is 65.0 Å². The molecule has 0 aliphatic carbocycles. The number of anilines is 1. The van der Waals surface area contributed by atoms with Crippen molar-refractivity contribution in [2.75, 3.05) is 12.4 Å². The van der Waals surface area contributed by atoms with Crippen LogP contribution in [0, 0.1) is 0 Å². The molecule has 1 aromatic heterocycles. The van der Waals surface area contributed by atoms with Gasteiger partial charge in [-0.3, -0.25) is 4.79 Å². The maximum atomic E-state index is 12.6. The first kappa shape index (κ1) is 15.3.